The molecule has 0 fully saturated rings. The number of hydrogen-bond acceptors (Lipinski definition) is 2. The van der Waals surface area contributed by atoms with Crippen LogP contribution < -0.4 is 4.74 Å². The molecule has 0 saturated carbocycles. The smallest absolute Gasteiger partial charge is 0.321 e. The summed E-state index contributed by atoms with van der Waals surface area (Å²) in [4.78, 5) is 10.6. The van der Waals surface area contributed by atoms with Gasteiger partial charge in [0.1, 0.15) is 29.4 Å². The molecule has 0 saturated heterocycles. The first-order valence-corrected chi connectivity index (χ1v) is 8.92. The van der Waals surface area contributed by atoms with Crippen LogP contribution in [0.1, 0.15) is 36.8 Å². The molecule has 2 aromatic rings. The van der Waals surface area contributed by atoms with Crippen LogP contribution >= 0.6 is 11.6 Å². The minimum Gasteiger partial charge on any atom is -0.489 e. The lowest BCUT2D eigenvalue weighted by atomic mass is 10.1. The second kappa shape index (κ2) is 10.1. The first kappa shape index (κ1) is 20.2. The first-order chi connectivity index (χ1) is 12.5. The van der Waals surface area contributed by atoms with Gasteiger partial charge in [-0.3, -0.25) is 4.79 Å². The zero-order valence-electron chi connectivity index (χ0n) is 14.3. The van der Waals surface area contributed by atoms with Crippen molar-refractivity contribution in [2.45, 2.75) is 44.1 Å². The van der Waals surface area contributed by atoms with Gasteiger partial charge in [-0.15, -0.1) is 11.6 Å². The Bertz CT molecular complexity index is 719. The molecular formula is C20H21ClF2O3. The van der Waals surface area contributed by atoms with Crippen molar-refractivity contribution in [2.24, 2.45) is 0 Å². The molecule has 0 radical (unpaired) electrons. The van der Waals surface area contributed by atoms with E-state index in [-0.39, 0.29) is 6.61 Å². The molecule has 3 nitrogen and oxygen atoms in total. The number of halogens is 3. The Hall–Kier alpha value is -2.14. The largest absolute Gasteiger partial charge is 0.489 e. The molecule has 0 amide bonds. The molecule has 0 aliphatic rings. The van der Waals surface area contributed by atoms with Crippen LogP contribution in [0.25, 0.3) is 0 Å². The highest BCUT2D eigenvalue weighted by Gasteiger charge is 2.12. The van der Waals surface area contributed by atoms with Gasteiger partial charge < -0.3 is 9.84 Å². The summed E-state index contributed by atoms with van der Waals surface area (Å²) in [6.45, 7) is 0.0363. The van der Waals surface area contributed by atoms with E-state index in [2.05, 4.69) is 0 Å². The van der Waals surface area contributed by atoms with Gasteiger partial charge in [-0.25, -0.2) is 8.78 Å². The quantitative estimate of drug-likeness (QED) is 0.445. The van der Waals surface area contributed by atoms with E-state index in [0.29, 0.717) is 17.7 Å². The topological polar surface area (TPSA) is 46.5 Å². The van der Waals surface area contributed by atoms with Gasteiger partial charge in [0.15, 0.2) is 0 Å². The van der Waals surface area contributed by atoms with E-state index in [1.54, 1.807) is 0 Å². The number of alkyl halides is 1. The van der Waals surface area contributed by atoms with Gasteiger partial charge in [0.25, 0.3) is 0 Å². The maximum absolute atomic E-state index is 13.6. The molecule has 1 unspecified atom stereocenters. The summed E-state index contributed by atoms with van der Waals surface area (Å²) in [7, 11) is 0. The molecule has 2 aromatic carbocycles. The molecule has 6 heteroatoms. The first-order valence-electron chi connectivity index (χ1n) is 8.48. The third kappa shape index (κ3) is 6.64. The Kier molecular flexibility index (Phi) is 7.85. The van der Waals surface area contributed by atoms with E-state index >= 15 is 0 Å². The molecule has 0 bridgehead atoms. The van der Waals surface area contributed by atoms with Crippen molar-refractivity contribution in [3.63, 3.8) is 0 Å². The summed E-state index contributed by atoms with van der Waals surface area (Å²) in [5, 5.41) is 7.90. The van der Waals surface area contributed by atoms with E-state index in [1.165, 1.54) is 12.1 Å². The number of hydrogen-bond donors (Lipinski definition) is 1. The molecule has 1 atom stereocenters. The van der Waals surface area contributed by atoms with E-state index in [0.717, 1.165) is 37.3 Å². The molecule has 26 heavy (non-hydrogen) atoms. The standard InChI is InChI=1S/C20H21ClF2O3/c21-18(20(24)25)5-3-1-2-4-14-6-10-17(11-7-14)26-13-15-8-9-16(22)12-19(15)23/h6-12,18H,1-5,13H2,(H,24,25). The van der Waals surface area contributed by atoms with E-state index < -0.39 is 23.0 Å². The van der Waals surface area contributed by atoms with Crippen molar-refractivity contribution >= 4 is 17.6 Å². The Morgan fingerprint density at radius 2 is 1.81 bits per heavy atom. The lowest BCUT2D eigenvalue weighted by Gasteiger charge is -2.08. The Balaban J connectivity index is 1.71. The van der Waals surface area contributed by atoms with Gasteiger partial charge >= 0.3 is 5.97 Å². The molecule has 0 aliphatic carbocycles. The number of carboxylic acids is 1. The number of ether oxygens (including phenoxy) is 1. The van der Waals surface area contributed by atoms with Gasteiger partial charge in [-0.05, 0) is 49.1 Å². The maximum atomic E-state index is 13.6. The van der Waals surface area contributed by atoms with Crippen LogP contribution in [0.2, 0.25) is 0 Å². The Labute approximate surface area is 156 Å². The number of aryl methyl sites for hydroxylation is 1. The average molecular weight is 383 g/mol. The molecule has 2 rings (SSSR count). The predicted molar refractivity (Wildman–Crippen MR) is 96.6 cm³/mol. The highest BCUT2D eigenvalue weighted by atomic mass is 35.5. The van der Waals surface area contributed by atoms with E-state index in [9.17, 15) is 13.6 Å². The van der Waals surface area contributed by atoms with Crippen LogP contribution in [0.3, 0.4) is 0 Å². The summed E-state index contributed by atoms with van der Waals surface area (Å²) in [6, 6.07) is 10.9. The molecule has 0 heterocycles. The lowest BCUT2D eigenvalue weighted by molar-refractivity contribution is -0.136. The van der Waals surface area contributed by atoms with Gasteiger partial charge in [-0.1, -0.05) is 25.0 Å². The van der Waals surface area contributed by atoms with Crippen LogP contribution in [0, 0.1) is 11.6 Å². The SMILES string of the molecule is O=C(O)C(Cl)CCCCCc1ccc(OCc2ccc(F)cc2F)cc1. The highest BCUT2D eigenvalue weighted by molar-refractivity contribution is 6.29. The van der Waals surface area contributed by atoms with Crippen LogP contribution in [0.5, 0.6) is 5.75 Å². The number of carbonyl (C=O) groups is 1. The fourth-order valence-electron chi connectivity index (χ4n) is 2.51. The van der Waals surface area contributed by atoms with Crippen LogP contribution in [-0.4, -0.2) is 16.5 Å². The fourth-order valence-corrected chi connectivity index (χ4v) is 2.66. The Morgan fingerprint density at radius 1 is 1.08 bits per heavy atom. The van der Waals surface area contributed by atoms with E-state index in [1.807, 2.05) is 24.3 Å². The summed E-state index contributed by atoms with van der Waals surface area (Å²) in [5.41, 5.74) is 1.44. The molecular weight excluding hydrogens is 362 g/mol. The third-order valence-corrected chi connectivity index (χ3v) is 4.43. The van der Waals surface area contributed by atoms with Gasteiger partial charge in [0.2, 0.25) is 0 Å². The summed E-state index contributed by atoms with van der Waals surface area (Å²) in [6.07, 6.45) is 4.00. The normalized spacial score (nSPS) is 12.0. The van der Waals surface area contributed by atoms with Crippen molar-refractivity contribution in [3.8, 4) is 5.75 Å². The minimum absolute atomic E-state index is 0.0363. The highest BCUT2D eigenvalue weighted by Crippen LogP contribution is 2.18. The van der Waals surface area contributed by atoms with Gasteiger partial charge in [0, 0.05) is 11.6 Å². The van der Waals surface area contributed by atoms with Crippen molar-refractivity contribution in [2.75, 3.05) is 0 Å². The van der Waals surface area contributed by atoms with Crippen molar-refractivity contribution < 1.29 is 23.4 Å². The van der Waals surface area contributed by atoms with Gasteiger partial charge in [-0.2, -0.15) is 0 Å². The number of aliphatic carboxylic acids is 1. The predicted octanol–water partition coefficient (Wildman–Crippen LogP) is 5.34. The van der Waals surface area contributed by atoms with Gasteiger partial charge in [0.05, 0.1) is 0 Å². The average Bonchev–Trinajstić information content (AvgIpc) is 2.61. The number of carboxylic acid groups (broad SMARTS) is 1. The van der Waals surface area contributed by atoms with Crippen molar-refractivity contribution in [3.05, 3.63) is 65.2 Å². The molecule has 0 spiro atoms. The van der Waals surface area contributed by atoms with Crippen LogP contribution in [-0.2, 0) is 17.8 Å². The maximum Gasteiger partial charge on any atom is 0.321 e. The van der Waals surface area contributed by atoms with E-state index in [4.69, 9.17) is 21.4 Å². The number of benzene rings is 2. The van der Waals surface area contributed by atoms with Crippen LogP contribution in [0.4, 0.5) is 8.78 Å². The van der Waals surface area contributed by atoms with Crippen LogP contribution in [0.15, 0.2) is 42.5 Å². The second-order valence-electron chi connectivity index (χ2n) is 6.07. The molecule has 140 valence electrons. The molecule has 1 N–H and O–H groups in total. The zero-order chi connectivity index (χ0) is 18.9. The summed E-state index contributed by atoms with van der Waals surface area (Å²) in [5.74, 6) is -1.59. The third-order valence-electron chi connectivity index (χ3n) is 4.02. The monoisotopic (exact) mass is 382 g/mol. The zero-order valence-corrected chi connectivity index (χ0v) is 15.0. The Morgan fingerprint density at radius 3 is 2.46 bits per heavy atom. The minimum atomic E-state index is -0.970. The fraction of sp³-hybridized carbons (Fsp3) is 0.350. The number of rotatable bonds is 10. The van der Waals surface area contributed by atoms with Crippen molar-refractivity contribution in [1.29, 1.82) is 0 Å². The van der Waals surface area contributed by atoms with Crippen molar-refractivity contribution in [1.82, 2.24) is 0 Å². The second-order valence-corrected chi connectivity index (χ2v) is 6.60. The lowest BCUT2D eigenvalue weighted by Crippen LogP contribution is -2.12. The summed E-state index contributed by atoms with van der Waals surface area (Å²) < 4.78 is 31.9. The molecule has 0 aliphatic heterocycles. The summed E-state index contributed by atoms with van der Waals surface area (Å²) >= 11 is 5.67. The molecule has 0 aromatic heterocycles. The number of unbranched alkanes of at least 4 members (excludes halogenated alkanes) is 2.